The van der Waals surface area contributed by atoms with E-state index in [0.29, 0.717) is 39.0 Å². The lowest BCUT2D eigenvalue weighted by molar-refractivity contribution is -0.138. The summed E-state index contributed by atoms with van der Waals surface area (Å²) in [4.78, 5) is 41.0. The highest BCUT2D eigenvalue weighted by atomic mass is 19.1. The second-order valence-corrected chi connectivity index (χ2v) is 6.56. The third-order valence-electron chi connectivity index (χ3n) is 4.98. The van der Waals surface area contributed by atoms with Crippen molar-refractivity contribution in [3.63, 3.8) is 0 Å². The van der Waals surface area contributed by atoms with Gasteiger partial charge in [0.2, 0.25) is 17.7 Å². The molecule has 0 N–H and O–H groups in total. The Kier molecular flexibility index (Phi) is 5.13. The number of hydrogen-bond acceptors (Lipinski definition) is 4. The zero-order chi connectivity index (χ0) is 18.0. The van der Waals surface area contributed by atoms with Gasteiger partial charge >= 0.3 is 0 Å². The van der Waals surface area contributed by atoms with Crippen LogP contribution in [0, 0.1) is 5.82 Å². The lowest BCUT2D eigenvalue weighted by atomic mass is 10.1. The summed E-state index contributed by atoms with van der Waals surface area (Å²) in [5.74, 6) is -0.561. The van der Waals surface area contributed by atoms with Gasteiger partial charge in [0.15, 0.2) is 0 Å². The summed E-state index contributed by atoms with van der Waals surface area (Å²) >= 11 is 0. The molecule has 2 saturated heterocycles. The summed E-state index contributed by atoms with van der Waals surface area (Å²) in [7, 11) is 1.51. The maximum Gasteiger partial charge on any atom is 0.246 e. The highest BCUT2D eigenvalue weighted by Gasteiger charge is 2.40. The van der Waals surface area contributed by atoms with Crippen molar-refractivity contribution in [3.05, 3.63) is 35.6 Å². The zero-order valence-electron chi connectivity index (χ0n) is 14.3. The number of imide groups is 1. The normalized spacial score (nSPS) is 21.9. The molecule has 2 aliphatic rings. The topological polar surface area (TPSA) is 60.9 Å². The van der Waals surface area contributed by atoms with Crippen LogP contribution in [0.3, 0.4) is 0 Å². The molecule has 0 aromatic heterocycles. The Hall–Kier alpha value is -2.28. The number of benzene rings is 1. The van der Waals surface area contributed by atoms with Gasteiger partial charge in [0.05, 0.1) is 12.5 Å². The van der Waals surface area contributed by atoms with Crippen molar-refractivity contribution in [1.82, 2.24) is 14.7 Å². The molecule has 1 atom stereocenters. The third-order valence-corrected chi connectivity index (χ3v) is 4.98. The minimum absolute atomic E-state index is 0.0369. The average Bonchev–Trinajstić information content (AvgIpc) is 2.87. The van der Waals surface area contributed by atoms with E-state index in [1.165, 1.54) is 24.1 Å². The van der Waals surface area contributed by atoms with Gasteiger partial charge in [-0.25, -0.2) is 4.39 Å². The first-order valence-electron chi connectivity index (χ1n) is 8.52. The molecule has 0 aliphatic carbocycles. The molecule has 6 nitrogen and oxygen atoms in total. The van der Waals surface area contributed by atoms with E-state index in [9.17, 15) is 18.8 Å². The highest BCUT2D eigenvalue weighted by Crippen LogP contribution is 2.19. The standard InChI is InChI=1S/C18H22FN3O3/c1-20-17(24)12-15(18(20)25)21-7-9-22(10-8-21)16(23)6-5-13-3-2-4-14(19)11-13/h2-4,11,15H,5-10,12H2,1H3. The van der Waals surface area contributed by atoms with Crippen LogP contribution in [0.1, 0.15) is 18.4 Å². The number of nitrogens with zero attached hydrogens (tertiary/aromatic N) is 3. The second kappa shape index (κ2) is 7.31. The maximum absolute atomic E-state index is 13.2. The van der Waals surface area contributed by atoms with Gasteiger partial charge in [-0.05, 0) is 24.1 Å². The van der Waals surface area contributed by atoms with Crippen molar-refractivity contribution in [1.29, 1.82) is 0 Å². The Bertz CT molecular complexity index is 686. The predicted octanol–water partition coefficient (Wildman–Crippen LogP) is 0.660. The van der Waals surface area contributed by atoms with Crippen molar-refractivity contribution < 1.29 is 18.8 Å². The quantitative estimate of drug-likeness (QED) is 0.751. The fourth-order valence-electron chi connectivity index (χ4n) is 3.41. The first-order valence-corrected chi connectivity index (χ1v) is 8.52. The fraction of sp³-hybridized carbons (Fsp3) is 0.500. The molecule has 3 rings (SSSR count). The van der Waals surface area contributed by atoms with Gasteiger partial charge in [0.25, 0.3) is 0 Å². The van der Waals surface area contributed by atoms with Gasteiger partial charge in [-0.2, -0.15) is 0 Å². The van der Waals surface area contributed by atoms with Crippen LogP contribution < -0.4 is 0 Å². The molecule has 1 aromatic rings. The largest absolute Gasteiger partial charge is 0.340 e. The highest BCUT2D eigenvalue weighted by molar-refractivity contribution is 6.05. The van der Waals surface area contributed by atoms with Crippen LogP contribution in [0.5, 0.6) is 0 Å². The molecule has 3 amide bonds. The number of piperazine rings is 1. The zero-order valence-corrected chi connectivity index (χ0v) is 14.3. The minimum atomic E-state index is -0.387. The molecule has 2 aliphatic heterocycles. The number of likely N-dealkylation sites (N-methyl/N-ethyl adjacent to an activating group) is 1. The summed E-state index contributed by atoms with van der Waals surface area (Å²) in [6.45, 7) is 2.26. The molecule has 1 unspecified atom stereocenters. The third kappa shape index (κ3) is 3.87. The number of likely N-dealkylation sites (tertiary alicyclic amines) is 1. The first-order chi connectivity index (χ1) is 12.0. The molecule has 134 valence electrons. The van der Waals surface area contributed by atoms with Gasteiger partial charge in [-0.15, -0.1) is 0 Å². The Morgan fingerprint density at radius 3 is 2.52 bits per heavy atom. The van der Waals surface area contributed by atoms with Crippen LogP contribution in [0.15, 0.2) is 24.3 Å². The van der Waals surface area contributed by atoms with Crippen LogP contribution in [0.2, 0.25) is 0 Å². The molecule has 7 heteroatoms. The summed E-state index contributed by atoms with van der Waals surface area (Å²) < 4.78 is 13.2. The maximum atomic E-state index is 13.2. The minimum Gasteiger partial charge on any atom is -0.340 e. The van der Waals surface area contributed by atoms with E-state index < -0.39 is 0 Å². The van der Waals surface area contributed by atoms with Crippen LogP contribution in [0.4, 0.5) is 4.39 Å². The number of carbonyl (C=O) groups excluding carboxylic acids is 3. The van der Waals surface area contributed by atoms with Gasteiger partial charge in [0, 0.05) is 39.6 Å². The average molecular weight is 347 g/mol. The SMILES string of the molecule is CN1C(=O)CC(N2CCN(C(=O)CCc3cccc(F)c3)CC2)C1=O. The van der Waals surface area contributed by atoms with Crippen LogP contribution in [-0.4, -0.2) is 71.7 Å². The van der Waals surface area contributed by atoms with E-state index in [1.54, 1.807) is 11.0 Å². The Morgan fingerprint density at radius 2 is 1.92 bits per heavy atom. The smallest absolute Gasteiger partial charge is 0.246 e. The summed E-state index contributed by atoms with van der Waals surface area (Å²) in [6.07, 6.45) is 1.08. The van der Waals surface area contributed by atoms with Crippen molar-refractivity contribution in [2.45, 2.75) is 25.3 Å². The Morgan fingerprint density at radius 1 is 1.20 bits per heavy atom. The Balaban J connectivity index is 1.48. The Labute approximate surface area is 146 Å². The van der Waals surface area contributed by atoms with E-state index in [-0.39, 0.29) is 36.0 Å². The summed E-state index contributed by atoms with van der Waals surface area (Å²) in [5.41, 5.74) is 0.810. The molecule has 25 heavy (non-hydrogen) atoms. The van der Waals surface area contributed by atoms with Crippen molar-refractivity contribution in [2.24, 2.45) is 0 Å². The number of halogens is 1. The van der Waals surface area contributed by atoms with Crippen LogP contribution >= 0.6 is 0 Å². The first kappa shape index (κ1) is 17.5. The number of amides is 3. The van der Waals surface area contributed by atoms with E-state index in [1.807, 2.05) is 11.0 Å². The molecule has 0 bridgehead atoms. The second-order valence-electron chi connectivity index (χ2n) is 6.56. The molecular weight excluding hydrogens is 325 g/mol. The molecular formula is C18H22FN3O3. The number of rotatable bonds is 4. The number of hydrogen-bond donors (Lipinski definition) is 0. The van der Waals surface area contributed by atoms with E-state index in [0.717, 1.165) is 5.56 Å². The molecule has 2 heterocycles. The van der Waals surface area contributed by atoms with E-state index in [4.69, 9.17) is 0 Å². The lowest BCUT2D eigenvalue weighted by Gasteiger charge is -2.37. The molecule has 0 saturated carbocycles. The van der Waals surface area contributed by atoms with Gasteiger partial charge in [-0.3, -0.25) is 24.2 Å². The summed E-state index contributed by atoms with van der Waals surface area (Å²) in [6, 6.07) is 5.90. The van der Waals surface area contributed by atoms with E-state index in [2.05, 4.69) is 0 Å². The number of aryl methyl sites for hydroxylation is 1. The van der Waals surface area contributed by atoms with Crippen LogP contribution in [0.25, 0.3) is 0 Å². The monoisotopic (exact) mass is 347 g/mol. The van der Waals surface area contributed by atoms with Gasteiger partial charge < -0.3 is 4.90 Å². The van der Waals surface area contributed by atoms with Crippen molar-refractivity contribution in [3.8, 4) is 0 Å². The van der Waals surface area contributed by atoms with E-state index >= 15 is 0 Å². The van der Waals surface area contributed by atoms with Crippen LogP contribution in [-0.2, 0) is 20.8 Å². The van der Waals surface area contributed by atoms with Crippen molar-refractivity contribution in [2.75, 3.05) is 33.2 Å². The molecule has 1 aromatic carbocycles. The van der Waals surface area contributed by atoms with Crippen molar-refractivity contribution >= 4 is 17.7 Å². The molecule has 0 radical (unpaired) electrons. The fourth-order valence-corrected chi connectivity index (χ4v) is 3.41. The van der Waals surface area contributed by atoms with Gasteiger partial charge in [0.1, 0.15) is 5.82 Å². The van der Waals surface area contributed by atoms with Gasteiger partial charge in [-0.1, -0.05) is 12.1 Å². The predicted molar refractivity (Wildman–Crippen MR) is 89.1 cm³/mol. The number of carbonyl (C=O) groups is 3. The molecule has 2 fully saturated rings. The summed E-state index contributed by atoms with van der Waals surface area (Å²) in [5, 5.41) is 0. The molecule has 0 spiro atoms. The lowest BCUT2D eigenvalue weighted by Crippen LogP contribution is -2.53.